The molecule has 0 spiro atoms. The SMILES string of the molecule is CCn1nc(C)cc1CN1CCc2ccc(N)cc21. The Kier molecular flexibility index (Phi) is 2.93. The number of benzene rings is 1. The lowest BCUT2D eigenvalue weighted by Crippen LogP contribution is -2.22. The molecule has 2 heterocycles. The normalized spacial score (nSPS) is 13.9. The second kappa shape index (κ2) is 4.61. The number of anilines is 2. The van der Waals surface area contributed by atoms with E-state index in [1.807, 2.05) is 13.0 Å². The maximum Gasteiger partial charge on any atom is 0.0599 e. The minimum atomic E-state index is 0.839. The van der Waals surface area contributed by atoms with Gasteiger partial charge in [-0.25, -0.2) is 0 Å². The van der Waals surface area contributed by atoms with Gasteiger partial charge in [-0.2, -0.15) is 5.10 Å². The van der Waals surface area contributed by atoms with Crippen LogP contribution in [0.5, 0.6) is 0 Å². The highest BCUT2D eigenvalue weighted by Crippen LogP contribution is 2.31. The minimum absolute atomic E-state index is 0.839. The smallest absolute Gasteiger partial charge is 0.0599 e. The molecule has 0 fully saturated rings. The largest absolute Gasteiger partial charge is 0.399 e. The zero-order valence-electron chi connectivity index (χ0n) is 11.6. The fraction of sp³-hybridized carbons (Fsp3) is 0.400. The highest BCUT2D eigenvalue weighted by atomic mass is 15.3. The molecular formula is C15H20N4. The summed E-state index contributed by atoms with van der Waals surface area (Å²) in [5.74, 6) is 0. The van der Waals surface area contributed by atoms with Gasteiger partial charge in [0.1, 0.15) is 0 Å². The Morgan fingerprint density at radius 2 is 2.16 bits per heavy atom. The van der Waals surface area contributed by atoms with E-state index in [0.29, 0.717) is 0 Å². The first-order valence-electron chi connectivity index (χ1n) is 6.84. The molecule has 1 aromatic heterocycles. The van der Waals surface area contributed by atoms with Gasteiger partial charge in [0.15, 0.2) is 0 Å². The number of aromatic nitrogens is 2. The third-order valence-corrected chi connectivity index (χ3v) is 3.74. The zero-order valence-corrected chi connectivity index (χ0v) is 11.6. The molecule has 1 aromatic carbocycles. The molecule has 0 unspecified atom stereocenters. The van der Waals surface area contributed by atoms with Gasteiger partial charge in [0.2, 0.25) is 0 Å². The lowest BCUT2D eigenvalue weighted by atomic mass is 10.1. The van der Waals surface area contributed by atoms with E-state index in [2.05, 4.69) is 39.8 Å². The molecule has 0 saturated heterocycles. The summed E-state index contributed by atoms with van der Waals surface area (Å²) in [6.45, 7) is 7.07. The number of nitrogen functional groups attached to an aromatic ring is 1. The first kappa shape index (κ1) is 12.1. The second-order valence-electron chi connectivity index (χ2n) is 5.15. The van der Waals surface area contributed by atoms with E-state index < -0.39 is 0 Å². The minimum Gasteiger partial charge on any atom is -0.399 e. The topological polar surface area (TPSA) is 47.1 Å². The van der Waals surface area contributed by atoms with Crippen molar-refractivity contribution in [3.05, 3.63) is 41.2 Å². The molecule has 0 atom stereocenters. The van der Waals surface area contributed by atoms with E-state index >= 15 is 0 Å². The first-order valence-corrected chi connectivity index (χ1v) is 6.84. The predicted octanol–water partition coefficient (Wildman–Crippen LogP) is 2.36. The number of nitrogens with zero attached hydrogens (tertiary/aromatic N) is 3. The maximum atomic E-state index is 5.90. The van der Waals surface area contributed by atoms with Gasteiger partial charge in [0.05, 0.1) is 17.9 Å². The molecule has 0 saturated carbocycles. The van der Waals surface area contributed by atoms with Crippen LogP contribution in [0.25, 0.3) is 0 Å². The Labute approximate surface area is 113 Å². The quantitative estimate of drug-likeness (QED) is 0.858. The Bertz CT molecular complexity index is 600. The standard InChI is InChI=1S/C15H20N4/c1-3-19-14(8-11(2)17-19)10-18-7-6-12-4-5-13(16)9-15(12)18/h4-5,8-9H,3,6-7,10,16H2,1-2H3. The summed E-state index contributed by atoms with van der Waals surface area (Å²) in [4.78, 5) is 2.40. The van der Waals surface area contributed by atoms with Crippen molar-refractivity contribution in [3.63, 3.8) is 0 Å². The molecule has 19 heavy (non-hydrogen) atoms. The number of rotatable bonds is 3. The molecule has 2 aromatic rings. The van der Waals surface area contributed by atoms with Crippen LogP contribution in [-0.4, -0.2) is 16.3 Å². The third kappa shape index (κ3) is 2.18. The Balaban J connectivity index is 1.88. The summed E-state index contributed by atoms with van der Waals surface area (Å²) < 4.78 is 2.08. The van der Waals surface area contributed by atoms with Crippen LogP contribution in [0.4, 0.5) is 11.4 Å². The monoisotopic (exact) mass is 256 g/mol. The molecule has 4 nitrogen and oxygen atoms in total. The highest BCUT2D eigenvalue weighted by molar-refractivity contribution is 5.64. The molecular weight excluding hydrogens is 236 g/mol. The molecule has 3 rings (SSSR count). The van der Waals surface area contributed by atoms with E-state index in [1.165, 1.54) is 16.9 Å². The van der Waals surface area contributed by atoms with E-state index in [-0.39, 0.29) is 0 Å². The molecule has 100 valence electrons. The van der Waals surface area contributed by atoms with Gasteiger partial charge < -0.3 is 10.6 Å². The van der Waals surface area contributed by atoms with Crippen molar-refractivity contribution in [1.82, 2.24) is 9.78 Å². The van der Waals surface area contributed by atoms with Crippen LogP contribution in [0.2, 0.25) is 0 Å². The Morgan fingerprint density at radius 1 is 1.32 bits per heavy atom. The Hall–Kier alpha value is -1.97. The van der Waals surface area contributed by atoms with Gasteiger partial charge >= 0.3 is 0 Å². The van der Waals surface area contributed by atoms with Gasteiger partial charge in [0.25, 0.3) is 0 Å². The van der Waals surface area contributed by atoms with E-state index in [9.17, 15) is 0 Å². The molecule has 1 aliphatic heterocycles. The average molecular weight is 256 g/mol. The third-order valence-electron chi connectivity index (χ3n) is 3.74. The van der Waals surface area contributed by atoms with Gasteiger partial charge in [-0.3, -0.25) is 4.68 Å². The van der Waals surface area contributed by atoms with Gasteiger partial charge in [-0.1, -0.05) is 6.07 Å². The van der Waals surface area contributed by atoms with Crippen LogP contribution in [-0.2, 0) is 19.5 Å². The molecule has 1 aliphatic rings. The summed E-state index contributed by atoms with van der Waals surface area (Å²) in [7, 11) is 0. The fourth-order valence-electron chi connectivity index (χ4n) is 2.82. The van der Waals surface area contributed by atoms with Crippen molar-refractivity contribution < 1.29 is 0 Å². The Morgan fingerprint density at radius 3 is 2.95 bits per heavy atom. The predicted molar refractivity (Wildman–Crippen MR) is 78.2 cm³/mol. The molecule has 4 heteroatoms. The second-order valence-corrected chi connectivity index (χ2v) is 5.15. The van der Waals surface area contributed by atoms with Gasteiger partial charge in [-0.15, -0.1) is 0 Å². The lowest BCUT2D eigenvalue weighted by molar-refractivity contribution is 0.608. The van der Waals surface area contributed by atoms with Crippen molar-refractivity contribution in [2.24, 2.45) is 0 Å². The number of aryl methyl sites for hydroxylation is 2. The summed E-state index contributed by atoms with van der Waals surface area (Å²) >= 11 is 0. The van der Waals surface area contributed by atoms with Crippen molar-refractivity contribution in [2.45, 2.75) is 33.4 Å². The number of hydrogen-bond donors (Lipinski definition) is 1. The van der Waals surface area contributed by atoms with Crippen LogP contribution >= 0.6 is 0 Å². The van der Waals surface area contributed by atoms with Crippen LogP contribution in [0.3, 0.4) is 0 Å². The molecule has 0 amide bonds. The number of fused-ring (bicyclic) bond motifs is 1. The van der Waals surface area contributed by atoms with Crippen LogP contribution in [0.1, 0.15) is 23.9 Å². The van der Waals surface area contributed by atoms with Crippen LogP contribution in [0, 0.1) is 6.92 Å². The van der Waals surface area contributed by atoms with Crippen LogP contribution in [0.15, 0.2) is 24.3 Å². The molecule has 0 aliphatic carbocycles. The molecule has 2 N–H and O–H groups in total. The zero-order chi connectivity index (χ0) is 13.4. The molecule has 0 radical (unpaired) electrons. The van der Waals surface area contributed by atoms with Crippen molar-refractivity contribution >= 4 is 11.4 Å². The van der Waals surface area contributed by atoms with Crippen molar-refractivity contribution in [2.75, 3.05) is 17.2 Å². The van der Waals surface area contributed by atoms with Crippen molar-refractivity contribution in [1.29, 1.82) is 0 Å². The van der Waals surface area contributed by atoms with Crippen LogP contribution < -0.4 is 10.6 Å². The summed E-state index contributed by atoms with van der Waals surface area (Å²) in [5.41, 5.74) is 11.8. The summed E-state index contributed by atoms with van der Waals surface area (Å²) in [6, 6.07) is 8.39. The van der Waals surface area contributed by atoms with Crippen molar-refractivity contribution in [3.8, 4) is 0 Å². The van der Waals surface area contributed by atoms with Gasteiger partial charge in [-0.05, 0) is 44.0 Å². The maximum absolute atomic E-state index is 5.90. The van der Waals surface area contributed by atoms with E-state index in [4.69, 9.17) is 5.73 Å². The average Bonchev–Trinajstić information content (AvgIpc) is 2.94. The fourth-order valence-corrected chi connectivity index (χ4v) is 2.82. The number of nitrogens with two attached hydrogens (primary N) is 1. The summed E-state index contributed by atoms with van der Waals surface area (Å²) in [5, 5.41) is 4.51. The highest BCUT2D eigenvalue weighted by Gasteiger charge is 2.20. The lowest BCUT2D eigenvalue weighted by Gasteiger charge is -2.20. The van der Waals surface area contributed by atoms with E-state index in [0.717, 1.165) is 37.4 Å². The summed E-state index contributed by atoms with van der Waals surface area (Å²) in [6.07, 6.45) is 1.11. The molecule has 0 bridgehead atoms. The van der Waals surface area contributed by atoms with Gasteiger partial charge in [0, 0.05) is 24.5 Å². The first-order chi connectivity index (χ1) is 9.17. The van der Waals surface area contributed by atoms with E-state index in [1.54, 1.807) is 0 Å². The number of hydrogen-bond acceptors (Lipinski definition) is 3.